The molecule has 1 unspecified atom stereocenters. The van der Waals surface area contributed by atoms with Gasteiger partial charge in [0.05, 0.1) is 6.61 Å². The molecule has 0 amide bonds. The van der Waals surface area contributed by atoms with E-state index in [4.69, 9.17) is 9.47 Å². The van der Waals surface area contributed by atoms with E-state index < -0.39 is 23.4 Å². The zero-order chi connectivity index (χ0) is 12.8. The zero-order valence-corrected chi connectivity index (χ0v) is 9.68. The Morgan fingerprint density at radius 1 is 1.47 bits per heavy atom. The number of rotatable bonds is 5. The Balaban J connectivity index is 2.74. The number of carbonyl (C=O) groups is 1. The summed E-state index contributed by atoms with van der Waals surface area (Å²) < 4.78 is 23.5. The molecule has 1 heterocycles. The lowest BCUT2D eigenvalue weighted by Gasteiger charge is -2.13. The van der Waals surface area contributed by atoms with Crippen molar-refractivity contribution >= 4 is 5.97 Å². The molecule has 0 aromatic carbocycles. The Hall–Kier alpha value is -1.69. The smallest absolute Gasteiger partial charge is 0.329 e. The lowest BCUT2D eigenvalue weighted by Crippen LogP contribution is -2.29. The van der Waals surface area contributed by atoms with Crippen LogP contribution in [0.2, 0.25) is 0 Å². The molecule has 0 aliphatic rings. The normalized spacial score (nSPS) is 12.2. The van der Waals surface area contributed by atoms with Crippen molar-refractivity contribution in [3.63, 3.8) is 0 Å². The van der Waals surface area contributed by atoms with Crippen LogP contribution in [-0.4, -0.2) is 30.9 Å². The van der Waals surface area contributed by atoms with E-state index >= 15 is 0 Å². The van der Waals surface area contributed by atoms with Gasteiger partial charge in [-0.05, 0) is 13.0 Å². The molecule has 5 nitrogen and oxygen atoms in total. The fourth-order valence-electron chi connectivity index (χ4n) is 1.24. The van der Waals surface area contributed by atoms with Gasteiger partial charge in [0.25, 0.3) is 5.56 Å². The largest absolute Gasteiger partial charge is 0.462 e. The van der Waals surface area contributed by atoms with Gasteiger partial charge in [-0.1, -0.05) is 0 Å². The summed E-state index contributed by atoms with van der Waals surface area (Å²) in [5, 5.41) is 0. The lowest BCUT2D eigenvalue weighted by atomic mass is 10.3. The van der Waals surface area contributed by atoms with Gasteiger partial charge in [0.2, 0.25) is 0 Å². The predicted molar refractivity (Wildman–Crippen MR) is 58.2 cm³/mol. The second-order valence-electron chi connectivity index (χ2n) is 3.43. The first kappa shape index (κ1) is 13.4. The molecule has 0 fully saturated rings. The van der Waals surface area contributed by atoms with Crippen molar-refractivity contribution in [2.24, 2.45) is 0 Å². The van der Waals surface area contributed by atoms with E-state index in [1.807, 2.05) is 0 Å². The van der Waals surface area contributed by atoms with Crippen LogP contribution in [0.25, 0.3) is 0 Å². The van der Waals surface area contributed by atoms with Crippen molar-refractivity contribution in [3.8, 4) is 0 Å². The van der Waals surface area contributed by atoms with E-state index in [1.54, 1.807) is 0 Å². The number of ether oxygens (including phenoxy) is 2. The number of halogens is 1. The molecule has 0 aliphatic carbocycles. The topological polar surface area (TPSA) is 57.5 Å². The number of carbonyl (C=O) groups excluding carboxylic acids is 1. The Morgan fingerprint density at radius 2 is 2.18 bits per heavy atom. The van der Waals surface area contributed by atoms with Crippen molar-refractivity contribution in [3.05, 3.63) is 34.5 Å². The Kier molecular flexibility index (Phi) is 4.84. The number of hydrogen-bond acceptors (Lipinski definition) is 4. The number of methoxy groups -OCH3 is 1. The van der Waals surface area contributed by atoms with Gasteiger partial charge < -0.3 is 9.47 Å². The first-order valence-corrected chi connectivity index (χ1v) is 5.09. The number of aromatic nitrogens is 1. The highest BCUT2D eigenvalue weighted by Crippen LogP contribution is 2.06. The number of pyridine rings is 1. The van der Waals surface area contributed by atoms with Crippen LogP contribution in [0.5, 0.6) is 0 Å². The van der Waals surface area contributed by atoms with E-state index in [2.05, 4.69) is 0 Å². The summed E-state index contributed by atoms with van der Waals surface area (Å²) in [6, 6.07) is 1.24. The number of esters is 1. The average molecular weight is 243 g/mol. The third kappa shape index (κ3) is 3.67. The second kappa shape index (κ2) is 6.15. The minimum atomic E-state index is -0.866. The maximum Gasteiger partial charge on any atom is 0.329 e. The van der Waals surface area contributed by atoms with E-state index in [0.29, 0.717) is 0 Å². The third-order valence-electron chi connectivity index (χ3n) is 2.19. The van der Waals surface area contributed by atoms with Crippen LogP contribution in [0.15, 0.2) is 23.1 Å². The summed E-state index contributed by atoms with van der Waals surface area (Å²) in [5.74, 6) is -1.18. The summed E-state index contributed by atoms with van der Waals surface area (Å²) in [6.45, 7) is 1.84. The van der Waals surface area contributed by atoms with Gasteiger partial charge in [-0.3, -0.25) is 9.36 Å². The van der Waals surface area contributed by atoms with Crippen molar-refractivity contribution in [1.29, 1.82) is 0 Å². The molecule has 0 N–H and O–H groups in total. The summed E-state index contributed by atoms with van der Waals surface area (Å²) >= 11 is 0. The van der Waals surface area contributed by atoms with Gasteiger partial charge >= 0.3 is 5.97 Å². The second-order valence-corrected chi connectivity index (χ2v) is 3.43. The first-order chi connectivity index (χ1) is 8.06. The van der Waals surface area contributed by atoms with Gasteiger partial charge in [0.1, 0.15) is 18.5 Å². The molecule has 94 valence electrons. The predicted octanol–water partition coefficient (Wildman–Crippen LogP) is 0.738. The fraction of sp³-hybridized carbons (Fsp3) is 0.455. The van der Waals surface area contributed by atoms with Gasteiger partial charge in [0, 0.05) is 19.4 Å². The quantitative estimate of drug-likeness (QED) is 0.565. The Labute approximate surface area is 97.8 Å². The van der Waals surface area contributed by atoms with Crippen LogP contribution >= 0.6 is 0 Å². The number of nitrogens with zero attached hydrogens (tertiary/aromatic N) is 1. The molecule has 0 radical (unpaired) electrons. The van der Waals surface area contributed by atoms with Crippen LogP contribution in [0.3, 0.4) is 0 Å². The average Bonchev–Trinajstić information content (AvgIpc) is 2.31. The molecule has 1 rings (SSSR count). The van der Waals surface area contributed by atoms with Crippen LogP contribution in [0.1, 0.15) is 13.0 Å². The van der Waals surface area contributed by atoms with Gasteiger partial charge in [0.15, 0.2) is 0 Å². The van der Waals surface area contributed by atoms with E-state index in [-0.39, 0.29) is 13.2 Å². The SMILES string of the molecule is COCCOC(=O)C(C)n1cc(F)ccc1=O. The van der Waals surface area contributed by atoms with Crippen LogP contribution in [0, 0.1) is 5.82 Å². The molecule has 17 heavy (non-hydrogen) atoms. The monoisotopic (exact) mass is 243 g/mol. The molecule has 6 heteroatoms. The van der Waals surface area contributed by atoms with Gasteiger partial charge in [-0.15, -0.1) is 0 Å². The molecule has 1 aromatic rings. The summed E-state index contributed by atoms with van der Waals surface area (Å²) in [6.07, 6.45) is 0.977. The van der Waals surface area contributed by atoms with E-state index in [1.165, 1.54) is 14.0 Å². The van der Waals surface area contributed by atoms with Gasteiger partial charge in [-0.2, -0.15) is 0 Å². The van der Waals surface area contributed by atoms with Crippen molar-refractivity contribution in [2.75, 3.05) is 20.3 Å². The molecule has 0 saturated heterocycles. The molecule has 0 aliphatic heterocycles. The molecular weight excluding hydrogens is 229 g/mol. The summed E-state index contributed by atoms with van der Waals surface area (Å²) in [4.78, 5) is 22.9. The van der Waals surface area contributed by atoms with E-state index in [9.17, 15) is 14.0 Å². The van der Waals surface area contributed by atoms with Crippen molar-refractivity contribution in [1.82, 2.24) is 4.57 Å². The fourth-order valence-corrected chi connectivity index (χ4v) is 1.24. The Morgan fingerprint density at radius 3 is 2.82 bits per heavy atom. The molecule has 1 atom stereocenters. The highest BCUT2D eigenvalue weighted by molar-refractivity contribution is 5.73. The zero-order valence-electron chi connectivity index (χ0n) is 9.68. The van der Waals surface area contributed by atoms with Crippen LogP contribution in [0.4, 0.5) is 4.39 Å². The Bertz CT molecular complexity index is 443. The highest BCUT2D eigenvalue weighted by Gasteiger charge is 2.17. The molecule has 0 bridgehead atoms. The standard InChI is InChI=1S/C11H14FNO4/c1-8(11(15)17-6-5-16-2)13-7-9(12)3-4-10(13)14/h3-4,7-8H,5-6H2,1-2H3. The van der Waals surface area contributed by atoms with Crippen molar-refractivity contribution in [2.45, 2.75) is 13.0 Å². The van der Waals surface area contributed by atoms with Crippen molar-refractivity contribution < 1.29 is 18.7 Å². The minimum Gasteiger partial charge on any atom is -0.462 e. The first-order valence-electron chi connectivity index (χ1n) is 5.09. The highest BCUT2D eigenvalue weighted by atomic mass is 19.1. The summed E-state index contributed by atoms with van der Waals surface area (Å²) in [7, 11) is 1.48. The summed E-state index contributed by atoms with van der Waals surface area (Å²) in [5.41, 5.74) is -0.456. The maximum absolute atomic E-state index is 12.9. The molecule has 0 saturated carbocycles. The van der Waals surface area contributed by atoms with Crippen LogP contribution in [-0.2, 0) is 14.3 Å². The molecule has 1 aromatic heterocycles. The third-order valence-corrected chi connectivity index (χ3v) is 2.19. The van der Waals surface area contributed by atoms with Crippen LogP contribution < -0.4 is 5.56 Å². The molecule has 0 spiro atoms. The maximum atomic E-state index is 12.9. The lowest BCUT2D eigenvalue weighted by molar-refractivity contribution is -0.148. The number of hydrogen-bond donors (Lipinski definition) is 0. The molecular formula is C11H14FNO4. The minimum absolute atomic E-state index is 0.101. The van der Waals surface area contributed by atoms with Gasteiger partial charge in [-0.25, -0.2) is 9.18 Å². The van der Waals surface area contributed by atoms with E-state index in [0.717, 1.165) is 22.9 Å².